The molecule has 1 heterocycles. The van der Waals surface area contributed by atoms with Gasteiger partial charge in [0.25, 0.3) is 5.91 Å². The molecule has 1 amide bonds. The minimum atomic E-state index is -1.15. The number of halogens is 2. The van der Waals surface area contributed by atoms with Crippen molar-refractivity contribution in [1.29, 1.82) is 0 Å². The number of anilines is 1. The summed E-state index contributed by atoms with van der Waals surface area (Å²) in [5.74, 6) is -0.803. The highest BCUT2D eigenvalue weighted by Gasteiger charge is 2.40. The summed E-state index contributed by atoms with van der Waals surface area (Å²) >= 11 is 6.08. The molecule has 0 aromatic heterocycles. The average molecular weight is 414 g/mol. The first-order valence-electron chi connectivity index (χ1n) is 9.55. The number of amides is 1. The van der Waals surface area contributed by atoms with Gasteiger partial charge in [0.2, 0.25) is 0 Å². The predicted molar refractivity (Wildman–Crippen MR) is 103 cm³/mol. The molecule has 0 fully saturated rings. The molecule has 6 nitrogen and oxygen atoms in total. The molecule has 0 saturated carbocycles. The van der Waals surface area contributed by atoms with E-state index in [9.17, 15) is 14.3 Å². The van der Waals surface area contributed by atoms with Gasteiger partial charge >= 0.3 is 0 Å². The fourth-order valence-electron chi connectivity index (χ4n) is 3.50. The van der Waals surface area contributed by atoms with E-state index in [0.717, 1.165) is 23.8 Å². The molecule has 1 aliphatic carbocycles. The van der Waals surface area contributed by atoms with Gasteiger partial charge in [-0.3, -0.25) is 9.69 Å². The smallest absolute Gasteiger partial charge is 0.256 e. The number of hydrogen-bond acceptors (Lipinski definition) is 5. The zero-order valence-corrected chi connectivity index (χ0v) is 16.6. The van der Waals surface area contributed by atoms with E-state index in [1.807, 2.05) is 6.92 Å². The highest BCUT2D eigenvalue weighted by atomic mass is 35.5. The van der Waals surface area contributed by atoms with Crippen molar-refractivity contribution in [3.8, 4) is 5.75 Å². The molecule has 8 heteroatoms. The number of aliphatic hydroxyl groups excluding tert-OH is 1. The molecule has 1 aromatic rings. The van der Waals surface area contributed by atoms with Crippen LogP contribution in [0.2, 0.25) is 5.02 Å². The summed E-state index contributed by atoms with van der Waals surface area (Å²) in [6, 6.07) is 2.46. The third-order valence-electron chi connectivity index (χ3n) is 4.87. The first-order valence-corrected chi connectivity index (χ1v) is 9.93. The largest absolute Gasteiger partial charge is 0.490 e. The fraction of sp³-hybridized carbons (Fsp3) is 0.550. The second kappa shape index (κ2) is 9.69. The molecular weight excluding hydrogens is 389 g/mol. The van der Waals surface area contributed by atoms with E-state index in [-0.39, 0.29) is 29.0 Å². The minimum absolute atomic E-state index is 0.0384. The molecule has 28 heavy (non-hydrogen) atoms. The van der Waals surface area contributed by atoms with E-state index < -0.39 is 12.0 Å². The topological polar surface area (TPSA) is 68.2 Å². The normalized spacial score (nSPS) is 19.4. The monoisotopic (exact) mass is 413 g/mol. The quantitative estimate of drug-likeness (QED) is 0.628. The van der Waals surface area contributed by atoms with E-state index >= 15 is 0 Å². The second-order valence-corrected chi connectivity index (χ2v) is 7.06. The Morgan fingerprint density at radius 3 is 2.64 bits per heavy atom. The second-order valence-electron chi connectivity index (χ2n) is 6.65. The number of hydrogen-bond donors (Lipinski definition) is 1. The highest BCUT2D eigenvalue weighted by molar-refractivity contribution is 6.32. The van der Waals surface area contributed by atoms with Crippen LogP contribution in [-0.4, -0.2) is 50.3 Å². The van der Waals surface area contributed by atoms with Gasteiger partial charge in [0.1, 0.15) is 18.2 Å². The number of carbonyl (C=O) groups excluding carboxylic acids is 1. The van der Waals surface area contributed by atoms with Crippen LogP contribution in [0.4, 0.5) is 10.1 Å². The van der Waals surface area contributed by atoms with Crippen molar-refractivity contribution >= 4 is 23.2 Å². The van der Waals surface area contributed by atoms with Crippen LogP contribution in [-0.2, 0) is 14.3 Å². The third-order valence-corrected chi connectivity index (χ3v) is 5.16. The average Bonchev–Trinajstić information content (AvgIpc) is 2.94. The van der Waals surface area contributed by atoms with Gasteiger partial charge in [-0.2, -0.15) is 0 Å². The van der Waals surface area contributed by atoms with Crippen molar-refractivity contribution in [2.75, 3.05) is 37.9 Å². The molecule has 3 rings (SSSR count). The van der Waals surface area contributed by atoms with Crippen molar-refractivity contribution in [1.82, 2.24) is 0 Å². The van der Waals surface area contributed by atoms with Crippen molar-refractivity contribution in [3.05, 3.63) is 34.1 Å². The molecule has 1 aliphatic heterocycles. The van der Waals surface area contributed by atoms with Gasteiger partial charge in [0, 0.05) is 18.2 Å². The first kappa shape index (κ1) is 21.0. The molecule has 1 N–H and O–H groups in total. The molecule has 0 spiro atoms. The maximum atomic E-state index is 14.6. The van der Waals surface area contributed by atoms with Gasteiger partial charge in [-0.1, -0.05) is 11.6 Å². The lowest BCUT2D eigenvalue weighted by Crippen LogP contribution is -2.36. The van der Waals surface area contributed by atoms with E-state index in [1.54, 1.807) is 0 Å². The van der Waals surface area contributed by atoms with Crippen LogP contribution >= 0.6 is 11.6 Å². The Kier molecular flexibility index (Phi) is 7.29. The Bertz CT molecular complexity index is 754. The number of nitrogens with zero attached hydrogens (tertiary/aromatic N) is 1. The van der Waals surface area contributed by atoms with Gasteiger partial charge in [-0.25, -0.2) is 4.39 Å². The molecule has 0 radical (unpaired) electrons. The Morgan fingerprint density at radius 1 is 1.18 bits per heavy atom. The number of carbonyl (C=O) groups is 1. The minimum Gasteiger partial charge on any atom is -0.490 e. The van der Waals surface area contributed by atoms with Crippen LogP contribution in [0.1, 0.15) is 32.6 Å². The van der Waals surface area contributed by atoms with Gasteiger partial charge < -0.3 is 19.3 Å². The van der Waals surface area contributed by atoms with Crippen LogP contribution in [0, 0.1) is 5.82 Å². The van der Waals surface area contributed by atoms with Crippen LogP contribution in [0.3, 0.4) is 0 Å². The summed E-state index contributed by atoms with van der Waals surface area (Å²) in [7, 11) is 0. The fourth-order valence-corrected chi connectivity index (χ4v) is 3.70. The van der Waals surface area contributed by atoms with Crippen molar-refractivity contribution in [2.45, 2.75) is 38.8 Å². The summed E-state index contributed by atoms with van der Waals surface area (Å²) in [5, 5.41) is 10.7. The third kappa shape index (κ3) is 4.49. The summed E-state index contributed by atoms with van der Waals surface area (Å²) < 4.78 is 30.7. The molecule has 0 bridgehead atoms. The van der Waals surface area contributed by atoms with Crippen molar-refractivity contribution in [2.24, 2.45) is 0 Å². The SMILES string of the molecule is CCOCCOCCOc1cc(N2C(=O)C3=C(CCCC3)C2O)c(F)cc1Cl. The molecule has 154 valence electrons. The molecule has 1 unspecified atom stereocenters. The molecule has 1 aromatic carbocycles. The van der Waals surface area contributed by atoms with Crippen LogP contribution in [0.25, 0.3) is 0 Å². The first-order chi connectivity index (χ1) is 13.5. The lowest BCUT2D eigenvalue weighted by Gasteiger charge is -2.24. The summed E-state index contributed by atoms with van der Waals surface area (Å²) in [4.78, 5) is 13.8. The summed E-state index contributed by atoms with van der Waals surface area (Å²) in [6.07, 6.45) is 1.92. The van der Waals surface area contributed by atoms with Gasteiger partial charge in [-0.05, 0) is 44.2 Å². The zero-order chi connectivity index (χ0) is 20.1. The summed E-state index contributed by atoms with van der Waals surface area (Å²) in [6.45, 7) is 4.02. The van der Waals surface area contributed by atoms with E-state index in [1.165, 1.54) is 6.07 Å². The Hall–Kier alpha value is -1.67. The molecule has 1 atom stereocenters. The lowest BCUT2D eigenvalue weighted by molar-refractivity contribution is -0.115. The van der Waals surface area contributed by atoms with E-state index in [0.29, 0.717) is 50.4 Å². The maximum Gasteiger partial charge on any atom is 0.256 e. The standard InChI is InChI=1S/C20H25ClFNO5/c1-2-26-7-8-27-9-10-28-18-12-17(16(22)11-15(18)21)23-19(24)13-5-3-4-6-14(13)20(23)25/h11-12,19,24H,2-10H2,1H3. The number of aliphatic hydroxyl groups is 1. The van der Waals surface area contributed by atoms with E-state index in [2.05, 4.69) is 0 Å². The highest BCUT2D eigenvalue weighted by Crippen LogP contribution is 2.41. The van der Waals surface area contributed by atoms with Crippen molar-refractivity contribution < 1.29 is 28.5 Å². The van der Waals surface area contributed by atoms with Gasteiger partial charge in [0.15, 0.2) is 6.23 Å². The van der Waals surface area contributed by atoms with Gasteiger partial charge in [0.05, 0.1) is 30.5 Å². The zero-order valence-electron chi connectivity index (χ0n) is 15.9. The molecule has 0 saturated heterocycles. The van der Waals surface area contributed by atoms with Gasteiger partial charge in [-0.15, -0.1) is 0 Å². The molecule has 2 aliphatic rings. The molecular formula is C20H25ClFNO5. The van der Waals surface area contributed by atoms with Crippen molar-refractivity contribution in [3.63, 3.8) is 0 Å². The number of rotatable bonds is 9. The van der Waals surface area contributed by atoms with E-state index in [4.69, 9.17) is 25.8 Å². The van der Waals surface area contributed by atoms with Crippen LogP contribution < -0.4 is 9.64 Å². The predicted octanol–water partition coefficient (Wildman–Crippen LogP) is 3.45. The summed E-state index contributed by atoms with van der Waals surface area (Å²) in [5.41, 5.74) is 1.25. The van der Waals surface area contributed by atoms with Crippen LogP contribution in [0.5, 0.6) is 5.75 Å². The Morgan fingerprint density at radius 2 is 1.89 bits per heavy atom. The number of ether oxygens (including phenoxy) is 3. The van der Waals surface area contributed by atoms with Crippen LogP contribution in [0.15, 0.2) is 23.3 Å². The lowest BCUT2D eigenvalue weighted by atomic mass is 9.93. The maximum absolute atomic E-state index is 14.6. The Labute approximate surface area is 168 Å². The number of benzene rings is 1. The Balaban J connectivity index is 1.67.